The van der Waals surface area contributed by atoms with Gasteiger partial charge in [-0.15, -0.1) is 0 Å². The Labute approximate surface area is 218 Å². The quantitative estimate of drug-likeness (QED) is 0.405. The second-order valence-corrected chi connectivity index (χ2v) is 10.6. The highest BCUT2D eigenvalue weighted by Crippen LogP contribution is 2.38. The highest BCUT2D eigenvalue weighted by atomic mass is 16.6. The zero-order valence-electron chi connectivity index (χ0n) is 21.2. The molecule has 0 bridgehead atoms. The third-order valence-corrected chi connectivity index (χ3v) is 7.94. The van der Waals surface area contributed by atoms with E-state index in [1.807, 2.05) is 18.2 Å². The van der Waals surface area contributed by atoms with Gasteiger partial charge in [0.1, 0.15) is 18.0 Å². The van der Waals surface area contributed by atoms with Crippen LogP contribution in [0.25, 0.3) is 0 Å². The van der Waals surface area contributed by atoms with Crippen LogP contribution in [-0.2, 0) is 27.1 Å². The Morgan fingerprint density at radius 1 is 1.08 bits per heavy atom. The van der Waals surface area contributed by atoms with Crippen LogP contribution >= 0.6 is 0 Å². The molecule has 5 rings (SSSR count). The number of hydrogen-bond acceptors (Lipinski definition) is 6. The van der Waals surface area contributed by atoms with Gasteiger partial charge in [0.05, 0.1) is 6.10 Å². The summed E-state index contributed by atoms with van der Waals surface area (Å²) in [5, 5.41) is 15.4. The molecule has 1 amide bonds. The minimum atomic E-state index is -1.07. The number of pyridine rings is 1. The second kappa shape index (κ2) is 11.9. The van der Waals surface area contributed by atoms with E-state index < -0.39 is 18.1 Å². The van der Waals surface area contributed by atoms with Crippen molar-refractivity contribution in [3.8, 4) is 0 Å². The number of rotatable bonds is 11. The number of amides is 1. The van der Waals surface area contributed by atoms with E-state index in [0.717, 1.165) is 63.0 Å². The first-order valence-electron chi connectivity index (χ1n) is 13.6. The number of hydrogen-bond donors (Lipinski definition) is 3. The van der Waals surface area contributed by atoms with Crippen LogP contribution in [0, 0.1) is 5.92 Å². The Bertz CT molecular complexity index is 1070. The molecule has 198 valence electrons. The number of carbonyl (C=O) groups excluding carboxylic acids is 1. The van der Waals surface area contributed by atoms with Crippen molar-refractivity contribution in [1.82, 2.24) is 10.3 Å². The summed E-state index contributed by atoms with van der Waals surface area (Å²) in [7, 11) is 0. The van der Waals surface area contributed by atoms with E-state index in [0.29, 0.717) is 18.4 Å². The number of carboxylic acid groups (broad SMARTS) is 1. The number of nitrogens with zero attached hydrogens (tertiary/aromatic N) is 1. The molecule has 0 radical (unpaired) electrons. The monoisotopic (exact) mass is 507 g/mol. The molecule has 2 aliphatic carbocycles. The van der Waals surface area contributed by atoms with E-state index in [1.165, 1.54) is 17.5 Å². The molecule has 3 N–H and O–H groups in total. The van der Waals surface area contributed by atoms with Gasteiger partial charge in [0.25, 0.3) is 0 Å². The molecule has 0 saturated heterocycles. The number of aliphatic carboxylic acids is 1. The number of carbonyl (C=O) groups is 2. The first-order valence-corrected chi connectivity index (χ1v) is 13.6. The number of carboxylic acids is 1. The molecule has 1 aromatic carbocycles. The average molecular weight is 508 g/mol. The first-order chi connectivity index (χ1) is 18.0. The molecular weight excluding hydrogens is 470 g/mol. The molecular formula is C29H37N3O5. The summed E-state index contributed by atoms with van der Waals surface area (Å²) in [6.45, 7) is 1.30. The lowest BCUT2D eigenvalue weighted by molar-refractivity contribution is -0.140. The van der Waals surface area contributed by atoms with Crippen molar-refractivity contribution in [3.63, 3.8) is 0 Å². The van der Waals surface area contributed by atoms with Crippen molar-refractivity contribution in [2.45, 2.75) is 82.0 Å². The molecule has 37 heavy (non-hydrogen) atoms. The maximum absolute atomic E-state index is 12.2. The molecule has 2 fully saturated rings. The minimum Gasteiger partial charge on any atom is -0.480 e. The van der Waals surface area contributed by atoms with Crippen LogP contribution in [-0.4, -0.2) is 53.6 Å². The molecule has 8 nitrogen and oxygen atoms in total. The van der Waals surface area contributed by atoms with Gasteiger partial charge < -0.3 is 25.2 Å². The maximum Gasteiger partial charge on any atom is 0.408 e. The SMILES string of the molecule is O=C(NC(CCOC1CC(CCc2ccc3c(n2)NCCC3)C1)C(=O)O)OC1CC(c2ccccc2)C1. The normalized spacial score (nSPS) is 25.0. The predicted octanol–water partition coefficient (Wildman–Crippen LogP) is 4.68. The number of benzene rings is 1. The van der Waals surface area contributed by atoms with E-state index in [1.54, 1.807) is 0 Å². The number of aromatic nitrogens is 1. The van der Waals surface area contributed by atoms with E-state index >= 15 is 0 Å². The topological polar surface area (TPSA) is 110 Å². The highest BCUT2D eigenvalue weighted by Gasteiger charge is 2.34. The fourth-order valence-corrected chi connectivity index (χ4v) is 5.50. The molecule has 2 saturated carbocycles. The minimum absolute atomic E-state index is 0.162. The summed E-state index contributed by atoms with van der Waals surface area (Å²) in [5.41, 5.74) is 3.70. The van der Waals surface area contributed by atoms with Crippen molar-refractivity contribution in [2.24, 2.45) is 5.92 Å². The zero-order chi connectivity index (χ0) is 25.6. The number of fused-ring (bicyclic) bond motifs is 1. The first kappa shape index (κ1) is 25.5. The van der Waals surface area contributed by atoms with Gasteiger partial charge in [0.15, 0.2) is 0 Å². The van der Waals surface area contributed by atoms with Crippen LogP contribution < -0.4 is 10.6 Å². The summed E-state index contributed by atoms with van der Waals surface area (Å²) in [5.74, 6) is 0.976. The lowest BCUT2D eigenvalue weighted by atomic mass is 9.77. The Balaban J connectivity index is 0.949. The molecule has 0 spiro atoms. The predicted molar refractivity (Wildman–Crippen MR) is 140 cm³/mol. The number of aryl methyl sites for hydroxylation is 2. The van der Waals surface area contributed by atoms with Gasteiger partial charge in [0.2, 0.25) is 0 Å². The molecule has 2 aromatic rings. The van der Waals surface area contributed by atoms with Gasteiger partial charge in [-0.3, -0.25) is 0 Å². The van der Waals surface area contributed by atoms with E-state index in [2.05, 4.69) is 34.9 Å². The van der Waals surface area contributed by atoms with Crippen molar-refractivity contribution < 1.29 is 24.2 Å². The molecule has 1 aromatic heterocycles. The van der Waals surface area contributed by atoms with Gasteiger partial charge in [-0.05, 0) is 80.4 Å². The fraction of sp³-hybridized carbons (Fsp3) is 0.552. The van der Waals surface area contributed by atoms with E-state index in [-0.39, 0.29) is 18.6 Å². The second-order valence-electron chi connectivity index (χ2n) is 10.6. The third-order valence-electron chi connectivity index (χ3n) is 7.94. The molecule has 8 heteroatoms. The summed E-state index contributed by atoms with van der Waals surface area (Å²) in [6, 6.07) is 13.5. The molecule has 1 aliphatic heterocycles. The van der Waals surface area contributed by atoms with Crippen molar-refractivity contribution in [1.29, 1.82) is 0 Å². The van der Waals surface area contributed by atoms with Gasteiger partial charge in [-0.2, -0.15) is 0 Å². The molecule has 1 unspecified atom stereocenters. The average Bonchev–Trinajstić information content (AvgIpc) is 2.86. The van der Waals surface area contributed by atoms with Crippen molar-refractivity contribution >= 4 is 17.9 Å². The van der Waals surface area contributed by atoms with Crippen LogP contribution in [0.15, 0.2) is 42.5 Å². The van der Waals surface area contributed by atoms with Crippen molar-refractivity contribution in [2.75, 3.05) is 18.5 Å². The van der Waals surface area contributed by atoms with E-state index in [9.17, 15) is 14.7 Å². The largest absolute Gasteiger partial charge is 0.480 e. The maximum atomic E-state index is 12.2. The summed E-state index contributed by atoms with van der Waals surface area (Å²) in [4.78, 5) is 28.6. The summed E-state index contributed by atoms with van der Waals surface area (Å²) >= 11 is 0. The number of ether oxygens (including phenoxy) is 2. The Hall–Kier alpha value is -3.13. The van der Waals surface area contributed by atoms with Gasteiger partial charge in [0, 0.05) is 25.3 Å². The van der Waals surface area contributed by atoms with Crippen LogP contribution in [0.1, 0.15) is 67.7 Å². The molecule has 3 aliphatic rings. The van der Waals surface area contributed by atoms with Gasteiger partial charge in [-0.1, -0.05) is 36.4 Å². The molecule has 2 heterocycles. The Morgan fingerprint density at radius 2 is 1.89 bits per heavy atom. The van der Waals surface area contributed by atoms with Crippen LogP contribution in [0.3, 0.4) is 0 Å². The van der Waals surface area contributed by atoms with Gasteiger partial charge >= 0.3 is 12.1 Å². The number of nitrogens with one attached hydrogen (secondary N) is 2. The third kappa shape index (κ3) is 6.80. The van der Waals surface area contributed by atoms with Crippen LogP contribution in [0.2, 0.25) is 0 Å². The van der Waals surface area contributed by atoms with Gasteiger partial charge in [-0.25, -0.2) is 14.6 Å². The Morgan fingerprint density at radius 3 is 2.68 bits per heavy atom. The Kier molecular flexibility index (Phi) is 8.24. The fourth-order valence-electron chi connectivity index (χ4n) is 5.50. The smallest absolute Gasteiger partial charge is 0.408 e. The lowest BCUT2D eigenvalue weighted by Gasteiger charge is -2.36. The summed E-state index contributed by atoms with van der Waals surface area (Å²) in [6.07, 6.45) is 7.36. The summed E-state index contributed by atoms with van der Waals surface area (Å²) < 4.78 is 11.3. The van der Waals surface area contributed by atoms with Crippen molar-refractivity contribution in [3.05, 3.63) is 59.3 Å². The highest BCUT2D eigenvalue weighted by molar-refractivity contribution is 5.79. The molecule has 1 atom stereocenters. The van der Waals surface area contributed by atoms with Crippen LogP contribution in [0.4, 0.5) is 10.6 Å². The lowest BCUT2D eigenvalue weighted by Crippen LogP contribution is -2.45. The number of alkyl carbamates (subject to hydrolysis) is 1. The number of anilines is 1. The van der Waals surface area contributed by atoms with E-state index in [4.69, 9.17) is 14.5 Å². The van der Waals surface area contributed by atoms with Crippen LogP contribution in [0.5, 0.6) is 0 Å². The standard InChI is InChI=1S/C29H37N3O5/c33-28(34)26(32-29(35)37-25-17-22(18-25)20-5-2-1-3-6-20)12-14-36-24-15-19(16-24)8-10-23-11-9-21-7-4-13-30-27(21)31-23/h1-3,5-6,9,11,19,22,24-26H,4,7-8,10,12-18H2,(H,30,31)(H,32,35)(H,33,34). The zero-order valence-corrected chi connectivity index (χ0v) is 21.2.